The van der Waals surface area contributed by atoms with Gasteiger partial charge in [-0.25, -0.2) is 8.42 Å². The van der Waals surface area contributed by atoms with Crippen molar-refractivity contribution in [1.82, 2.24) is 0 Å². The Balaban J connectivity index is 2.18. The van der Waals surface area contributed by atoms with Crippen LogP contribution in [0.5, 0.6) is 5.75 Å². The van der Waals surface area contributed by atoms with Crippen molar-refractivity contribution in [2.24, 2.45) is 5.73 Å². The predicted octanol–water partition coefficient (Wildman–Crippen LogP) is 4.82. The van der Waals surface area contributed by atoms with Gasteiger partial charge in [-0.15, -0.1) is 23.1 Å². The molecule has 0 saturated carbocycles. The van der Waals surface area contributed by atoms with Crippen molar-refractivity contribution >= 4 is 38.8 Å². The van der Waals surface area contributed by atoms with Crippen molar-refractivity contribution in [2.45, 2.75) is 14.0 Å². The van der Waals surface area contributed by atoms with Gasteiger partial charge in [0.25, 0.3) is 0 Å². The molecular weight excluding hydrogens is 424 g/mol. The van der Waals surface area contributed by atoms with Gasteiger partial charge in [-0.05, 0) is 41.6 Å². The normalized spacial score (nSPS) is 11.2. The van der Waals surface area contributed by atoms with Crippen LogP contribution in [0.2, 0.25) is 0 Å². The number of amidine groups is 1. The van der Waals surface area contributed by atoms with Gasteiger partial charge in [0.2, 0.25) is 9.84 Å². The maximum Gasteiger partial charge on any atom is 0.208 e. The van der Waals surface area contributed by atoms with Crippen LogP contribution in [0.3, 0.4) is 0 Å². The summed E-state index contributed by atoms with van der Waals surface area (Å²) in [5.74, 6) is 0.289. The molecule has 5 nitrogen and oxygen atoms in total. The quantitative estimate of drug-likeness (QED) is 0.225. The first kappa shape index (κ1) is 21.2. The number of nitrogens with one attached hydrogen (secondary N) is 1. The van der Waals surface area contributed by atoms with Crippen LogP contribution in [0.25, 0.3) is 11.1 Å². The molecule has 0 bridgehead atoms. The van der Waals surface area contributed by atoms with E-state index in [2.05, 4.69) is 6.58 Å². The van der Waals surface area contributed by atoms with Crippen molar-refractivity contribution < 1.29 is 13.2 Å². The van der Waals surface area contributed by atoms with E-state index in [1.165, 1.54) is 35.2 Å². The summed E-state index contributed by atoms with van der Waals surface area (Å²) in [5, 5.41) is 7.64. The minimum Gasteiger partial charge on any atom is -0.489 e. The molecule has 0 spiro atoms. The number of benzene rings is 2. The van der Waals surface area contributed by atoms with Crippen molar-refractivity contribution in [2.75, 3.05) is 12.9 Å². The topological polar surface area (TPSA) is 93.2 Å². The molecule has 0 aliphatic heterocycles. The summed E-state index contributed by atoms with van der Waals surface area (Å²) in [6, 6.07) is 15.9. The lowest BCUT2D eigenvalue weighted by atomic mass is 10.1. The molecule has 1 aromatic heterocycles. The van der Waals surface area contributed by atoms with Crippen LogP contribution in [0.15, 0.2) is 81.3 Å². The van der Waals surface area contributed by atoms with Gasteiger partial charge in [-0.3, -0.25) is 5.41 Å². The molecular formula is C21H20N2O3S3. The van der Waals surface area contributed by atoms with Gasteiger partial charge in [0, 0.05) is 0 Å². The SMILES string of the molecule is C=CCOc1cc(-c2ccccc2)cc(S(=O)(=O)c2cc(C(=N)N)sc2SC)c1. The van der Waals surface area contributed by atoms with Crippen LogP contribution in [0, 0.1) is 5.41 Å². The van der Waals surface area contributed by atoms with Crippen molar-refractivity contribution in [3.8, 4) is 16.9 Å². The lowest BCUT2D eigenvalue weighted by Crippen LogP contribution is -2.09. The van der Waals surface area contributed by atoms with E-state index in [9.17, 15) is 8.42 Å². The maximum atomic E-state index is 13.5. The highest BCUT2D eigenvalue weighted by Gasteiger charge is 2.26. The zero-order valence-corrected chi connectivity index (χ0v) is 18.2. The van der Waals surface area contributed by atoms with E-state index in [1.807, 2.05) is 36.4 Å². The van der Waals surface area contributed by atoms with Crippen molar-refractivity contribution in [3.63, 3.8) is 0 Å². The molecule has 29 heavy (non-hydrogen) atoms. The highest BCUT2D eigenvalue weighted by molar-refractivity contribution is 8.01. The third-order valence-electron chi connectivity index (χ3n) is 4.07. The second-order valence-corrected chi connectivity index (χ2v) is 10.1. The van der Waals surface area contributed by atoms with Crippen molar-refractivity contribution in [1.29, 1.82) is 5.41 Å². The Kier molecular flexibility index (Phi) is 6.46. The van der Waals surface area contributed by atoms with Crippen LogP contribution < -0.4 is 10.5 Å². The van der Waals surface area contributed by atoms with Crippen LogP contribution in [-0.4, -0.2) is 27.1 Å². The molecule has 3 rings (SSSR count). The molecule has 150 valence electrons. The summed E-state index contributed by atoms with van der Waals surface area (Å²) in [5.41, 5.74) is 7.19. The van der Waals surface area contributed by atoms with E-state index in [0.29, 0.717) is 14.8 Å². The summed E-state index contributed by atoms with van der Waals surface area (Å²) in [7, 11) is -3.84. The van der Waals surface area contributed by atoms with Gasteiger partial charge in [0.15, 0.2) is 0 Å². The Hall–Kier alpha value is -2.55. The molecule has 3 N–H and O–H groups in total. The molecule has 8 heteroatoms. The zero-order chi connectivity index (χ0) is 21.0. The third kappa shape index (κ3) is 4.55. The fourth-order valence-corrected chi connectivity index (χ4v) is 6.63. The van der Waals surface area contributed by atoms with Gasteiger partial charge in [-0.1, -0.05) is 43.0 Å². The van der Waals surface area contributed by atoms with Gasteiger partial charge < -0.3 is 10.5 Å². The van der Waals surface area contributed by atoms with Gasteiger partial charge in [-0.2, -0.15) is 0 Å². The summed E-state index contributed by atoms with van der Waals surface area (Å²) < 4.78 is 33.2. The number of ether oxygens (including phenoxy) is 1. The Bertz CT molecular complexity index is 1150. The number of hydrogen-bond acceptors (Lipinski definition) is 6. The van der Waals surface area contributed by atoms with E-state index >= 15 is 0 Å². The van der Waals surface area contributed by atoms with Gasteiger partial charge >= 0.3 is 0 Å². The van der Waals surface area contributed by atoms with Crippen LogP contribution in [-0.2, 0) is 9.84 Å². The Labute approximate surface area is 178 Å². The van der Waals surface area contributed by atoms with Crippen LogP contribution in [0.4, 0.5) is 0 Å². The molecule has 0 aliphatic rings. The van der Waals surface area contributed by atoms with E-state index in [4.69, 9.17) is 15.9 Å². The number of hydrogen-bond donors (Lipinski definition) is 2. The predicted molar refractivity (Wildman–Crippen MR) is 120 cm³/mol. The van der Waals surface area contributed by atoms with E-state index in [1.54, 1.807) is 18.4 Å². The van der Waals surface area contributed by atoms with E-state index in [0.717, 1.165) is 11.1 Å². The van der Waals surface area contributed by atoms with E-state index < -0.39 is 9.84 Å². The molecule has 0 fully saturated rings. The largest absolute Gasteiger partial charge is 0.489 e. The molecule has 0 atom stereocenters. The maximum absolute atomic E-state index is 13.5. The second-order valence-electron chi connectivity index (χ2n) is 6.04. The summed E-state index contributed by atoms with van der Waals surface area (Å²) in [6.07, 6.45) is 3.40. The monoisotopic (exact) mass is 444 g/mol. The number of nitrogens with two attached hydrogens (primary N) is 1. The van der Waals surface area contributed by atoms with Crippen LogP contribution in [0.1, 0.15) is 4.88 Å². The first-order valence-electron chi connectivity index (χ1n) is 8.58. The highest BCUT2D eigenvalue weighted by atomic mass is 32.2. The summed E-state index contributed by atoms with van der Waals surface area (Å²) in [4.78, 5) is 0.705. The number of sulfone groups is 1. The number of thioether (sulfide) groups is 1. The number of nitrogen functional groups attached to an aromatic ring is 1. The minimum atomic E-state index is -3.84. The Morgan fingerprint density at radius 3 is 2.55 bits per heavy atom. The lowest BCUT2D eigenvalue weighted by molar-refractivity contribution is 0.362. The number of thiophene rings is 1. The standard InChI is InChI=1S/C21H20N2O3S3/c1-3-9-26-16-10-15(14-7-5-4-6-8-14)11-17(12-16)29(24,25)19-13-18(20(22)23)28-21(19)27-2/h3-8,10-13H,1,9H2,2H3,(H3,22,23). The molecule has 2 aromatic carbocycles. The lowest BCUT2D eigenvalue weighted by Gasteiger charge is -2.12. The van der Waals surface area contributed by atoms with E-state index in [-0.39, 0.29) is 22.2 Å². The highest BCUT2D eigenvalue weighted by Crippen LogP contribution is 2.38. The molecule has 0 unspecified atom stereocenters. The molecule has 1 heterocycles. The second kappa shape index (κ2) is 8.86. The zero-order valence-electron chi connectivity index (χ0n) is 15.7. The first-order valence-corrected chi connectivity index (χ1v) is 12.1. The summed E-state index contributed by atoms with van der Waals surface area (Å²) in [6.45, 7) is 3.91. The average molecular weight is 445 g/mol. The average Bonchev–Trinajstić information content (AvgIpc) is 3.18. The molecule has 0 amide bonds. The fraction of sp³-hybridized carbons (Fsp3) is 0.0952. The Morgan fingerprint density at radius 1 is 1.21 bits per heavy atom. The molecule has 3 aromatic rings. The van der Waals surface area contributed by atoms with Crippen molar-refractivity contribution in [3.05, 3.63) is 72.1 Å². The molecule has 0 aliphatic carbocycles. The Morgan fingerprint density at radius 2 is 1.93 bits per heavy atom. The molecule has 0 radical (unpaired) electrons. The third-order valence-corrected chi connectivity index (χ3v) is 8.39. The number of rotatable bonds is 8. The smallest absolute Gasteiger partial charge is 0.208 e. The van der Waals surface area contributed by atoms with Gasteiger partial charge in [0.1, 0.15) is 18.2 Å². The summed E-state index contributed by atoms with van der Waals surface area (Å²) >= 11 is 2.51. The molecule has 0 saturated heterocycles. The van der Waals surface area contributed by atoms with Gasteiger partial charge in [0.05, 0.1) is 18.9 Å². The first-order chi connectivity index (χ1) is 13.9. The van der Waals surface area contributed by atoms with Crippen LogP contribution >= 0.6 is 23.1 Å². The minimum absolute atomic E-state index is 0.126. The fourth-order valence-electron chi connectivity index (χ4n) is 2.71.